The zero-order chi connectivity index (χ0) is 14.5. The lowest BCUT2D eigenvalue weighted by atomic mass is 9.95. The summed E-state index contributed by atoms with van der Waals surface area (Å²) >= 11 is 0. The van der Waals surface area contributed by atoms with E-state index in [0.29, 0.717) is 24.3 Å². The average molecular weight is 278 g/mol. The number of hydrogen-bond donors (Lipinski definition) is 3. The van der Waals surface area contributed by atoms with Gasteiger partial charge in [-0.15, -0.1) is 0 Å². The van der Waals surface area contributed by atoms with Crippen molar-refractivity contribution in [1.29, 1.82) is 0 Å². The van der Waals surface area contributed by atoms with Crippen molar-refractivity contribution in [3.05, 3.63) is 23.8 Å². The third-order valence-electron chi connectivity index (χ3n) is 3.78. The van der Waals surface area contributed by atoms with Gasteiger partial charge in [0.05, 0.1) is 12.7 Å². The molecule has 0 spiro atoms. The van der Waals surface area contributed by atoms with Gasteiger partial charge in [0.15, 0.2) is 11.5 Å². The van der Waals surface area contributed by atoms with Crippen LogP contribution in [0.25, 0.3) is 0 Å². The molecule has 1 fully saturated rings. The first-order valence-electron chi connectivity index (χ1n) is 6.99. The van der Waals surface area contributed by atoms with Gasteiger partial charge in [0.1, 0.15) is 0 Å². The van der Waals surface area contributed by atoms with E-state index in [-0.39, 0.29) is 17.2 Å². The van der Waals surface area contributed by atoms with Crippen LogP contribution in [-0.2, 0) is 0 Å². The number of benzene rings is 1. The fraction of sp³-hybridized carbons (Fsp3) is 0.533. The maximum atomic E-state index is 12.1. The molecular weight excluding hydrogens is 256 g/mol. The fourth-order valence-corrected chi connectivity index (χ4v) is 2.43. The first kappa shape index (κ1) is 14.7. The number of amides is 1. The molecule has 5 heteroatoms. The number of methoxy groups -OCH3 is 1. The van der Waals surface area contributed by atoms with Crippen LogP contribution in [-0.4, -0.2) is 37.3 Å². The monoisotopic (exact) mass is 278 g/mol. The van der Waals surface area contributed by atoms with Gasteiger partial charge in [-0.2, -0.15) is 0 Å². The van der Waals surface area contributed by atoms with Gasteiger partial charge >= 0.3 is 0 Å². The van der Waals surface area contributed by atoms with E-state index in [2.05, 4.69) is 17.6 Å². The van der Waals surface area contributed by atoms with Gasteiger partial charge in [0, 0.05) is 12.6 Å². The molecule has 110 valence electrons. The number of rotatable bonds is 4. The zero-order valence-corrected chi connectivity index (χ0v) is 12.0. The highest BCUT2D eigenvalue weighted by Gasteiger charge is 2.19. The molecule has 2 unspecified atom stereocenters. The number of ether oxygens (including phenoxy) is 1. The molecule has 1 heterocycles. The van der Waals surface area contributed by atoms with Crippen molar-refractivity contribution < 1.29 is 14.6 Å². The summed E-state index contributed by atoms with van der Waals surface area (Å²) in [4.78, 5) is 12.1. The van der Waals surface area contributed by atoms with Crippen LogP contribution in [0.15, 0.2) is 18.2 Å². The number of hydrogen-bond acceptors (Lipinski definition) is 4. The van der Waals surface area contributed by atoms with Crippen molar-refractivity contribution in [1.82, 2.24) is 10.6 Å². The Kier molecular flexibility index (Phi) is 4.84. The van der Waals surface area contributed by atoms with Crippen LogP contribution in [0.5, 0.6) is 11.5 Å². The van der Waals surface area contributed by atoms with Crippen molar-refractivity contribution in [2.45, 2.75) is 25.8 Å². The molecule has 5 nitrogen and oxygen atoms in total. The summed E-state index contributed by atoms with van der Waals surface area (Å²) in [6, 6.07) is 5.47. The number of phenolic OH excluding ortho intramolecular Hbond substituents is 1. The van der Waals surface area contributed by atoms with Crippen LogP contribution in [0.3, 0.4) is 0 Å². The smallest absolute Gasteiger partial charge is 0.255 e. The van der Waals surface area contributed by atoms with Gasteiger partial charge in [0.25, 0.3) is 5.91 Å². The lowest BCUT2D eigenvalue weighted by Gasteiger charge is -2.27. The number of para-hydroxylation sites is 1. The van der Waals surface area contributed by atoms with E-state index in [1.54, 1.807) is 18.2 Å². The summed E-state index contributed by atoms with van der Waals surface area (Å²) in [6.07, 6.45) is 2.24. The van der Waals surface area contributed by atoms with Crippen LogP contribution in [0.2, 0.25) is 0 Å². The van der Waals surface area contributed by atoms with Gasteiger partial charge in [-0.3, -0.25) is 4.79 Å². The minimum absolute atomic E-state index is 0.108. The van der Waals surface area contributed by atoms with Gasteiger partial charge in [-0.05, 0) is 44.4 Å². The molecule has 3 N–H and O–H groups in total. The molecule has 0 bridgehead atoms. The number of piperidine rings is 1. The summed E-state index contributed by atoms with van der Waals surface area (Å²) in [5.41, 5.74) is 0.251. The minimum Gasteiger partial charge on any atom is -0.504 e. The predicted molar refractivity (Wildman–Crippen MR) is 77.2 cm³/mol. The third kappa shape index (κ3) is 3.42. The SMILES string of the molecule is COc1cccc(C(=O)NCC2CCC(C)NC2)c1O. The van der Waals surface area contributed by atoms with Gasteiger partial charge in [-0.1, -0.05) is 6.07 Å². The van der Waals surface area contributed by atoms with Gasteiger partial charge < -0.3 is 20.5 Å². The van der Waals surface area contributed by atoms with E-state index >= 15 is 0 Å². The van der Waals surface area contributed by atoms with Gasteiger partial charge in [-0.25, -0.2) is 0 Å². The maximum Gasteiger partial charge on any atom is 0.255 e. The van der Waals surface area contributed by atoms with E-state index in [9.17, 15) is 9.90 Å². The standard InChI is InChI=1S/C15H22N2O3/c1-10-6-7-11(8-16-10)9-17-15(19)12-4-3-5-13(20-2)14(12)18/h3-5,10-11,16,18H,6-9H2,1-2H3,(H,17,19). The maximum absolute atomic E-state index is 12.1. The topological polar surface area (TPSA) is 70.6 Å². The molecule has 1 amide bonds. The van der Waals surface area contributed by atoms with Crippen molar-refractivity contribution in [3.8, 4) is 11.5 Å². The Bertz CT molecular complexity index is 468. The van der Waals surface area contributed by atoms with Crippen LogP contribution in [0, 0.1) is 5.92 Å². The first-order valence-corrected chi connectivity index (χ1v) is 6.99. The molecule has 0 aromatic heterocycles. The molecule has 1 aromatic rings. The van der Waals surface area contributed by atoms with Crippen LogP contribution >= 0.6 is 0 Å². The summed E-state index contributed by atoms with van der Waals surface area (Å²) in [5.74, 6) is 0.386. The lowest BCUT2D eigenvalue weighted by molar-refractivity contribution is 0.0940. The van der Waals surface area contributed by atoms with Crippen molar-refractivity contribution in [3.63, 3.8) is 0 Å². The van der Waals surface area contributed by atoms with Crippen molar-refractivity contribution in [2.24, 2.45) is 5.92 Å². The molecule has 0 saturated carbocycles. The molecule has 1 aliphatic heterocycles. The van der Waals surface area contributed by atoms with E-state index in [4.69, 9.17) is 4.74 Å². The van der Waals surface area contributed by atoms with Crippen molar-refractivity contribution >= 4 is 5.91 Å². The summed E-state index contributed by atoms with van der Waals surface area (Å²) in [5, 5.41) is 16.2. The molecule has 2 rings (SSSR count). The molecular formula is C15H22N2O3. The Balaban J connectivity index is 1.92. The Hall–Kier alpha value is -1.75. The number of aromatic hydroxyl groups is 1. The Morgan fingerprint density at radius 2 is 2.30 bits per heavy atom. The summed E-state index contributed by atoms with van der Waals surface area (Å²) in [7, 11) is 1.46. The highest BCUT2D eigenvalue weighted by molar-refractivity contribution is 5.97. The number of carbonyl (C=O) groups is 1. The highest BCUT2D eigenvalue weighted by atomic mass is 16.5. The Labute approximate surface area is 119 Å². The number of nitrogens with one attached hydrogen (secondary N) is 2. The number of phenols is 1. The Morgan fingerprint density at radius 3 is 2.95 bits per heavy atom. The largest absolute Gasteiger partial charge is 0.504 e. The molecule has 2 atom stereocenters. The molecule has 1 saturated heterocycles. The molecule has 1 aliphatic rings. The van der Waals surface area contributed by atoms with E-state index in [0.717, 1.165) is 19.4 Å². The zero-order valence-electron chi connectivity index (χ0n) is 12.0. The molecule has 0 radical (unpaired) electrons. The van der Waals surface area contributed by atoms with E-state index in [1.165, 1.54) is 7.11 Å². The quantitative estimate of drug-likeness (QED) is 0.781. The minimum atomic E-state index is -0.264. The second kappa shape index (κ2) is 6.61. The highest BCUT2D eigenvalue weighted by Crippen LogP contribution is 2.29. The third-order valence-corrected chi connectivity index (χ3v) is 3.78. The molecule has 1 aromatic carbocycles. The van der Waals surface area contributed by atoms with E-state index in [1.807, 2.05) is 0 Å². The first-order chi connectivity index (χ1) is 9.61. The lowest BCUT2D eigenvalue weighted by Crippen LogP contribution is -2.41. The Morgan fingerprint density at radius 1 is 1.50 bits per heavy atom. The second-order valence-corrected chi connectivity index (χ2v) is 5.32. The summed E-state index contributed by atoms with van der Waals surface area (Å²) < 4.78 is 5.00. The fourth-order valence-electron chi connectivity index (χ4n) is 2.43. The average Bonchev–Trinajstić information content (AvgIpc) is 2.46. The molecule has 0 aliphatic carbocycles. The van der Waals surface area contributed by atoms with Gasteiger partial charge in [0.2, 0.25) is 0 Å². The summed E-state index contributed by atoms with van der Waals surface area (Å²) in [6.45, 7) is 3.71. The van der Waals surface area contributed by atoms with Crippen LogP contribution in [0.4, 0.5) is 0 Å². The predicted octanol–water partition coefficient (Wildman–Crippen LogP) is 1.52. The van der Waals surface area contributed by atoms with E-state index < -0.39 is 0 Å². The molecule has 20 heavy (non-hydrogen) atoms. The van der Waals surface area contributed by atoms with Crippen LogP contribution < -0.4 is 15.4 Å². The van der Waals surface area contributed by atoms with Crippen LogP contribution in [0.1, 0.15) is 30.1 Å². The number of carbonyl (C=O) groups excluding carboxylic acids is 1. The normalized spacial score (nSPS) is 22.3. The van der Waals surface area contributed by atoms with Crippen molar-refractivity contribution in [2.75, 3.05) is 20.2 Å². The second-order valence-electron chi connectivity index (χ2n) is 5.32.